The molecule has 4 nitrogen and oxygen atoms in total. The van der Waals surface area contributed by atoms with E-state index in [4.69, 9.17) is 16.3 Å². The largest absolute Gasteiger partial charge is 0.488 e. The highest BCUT2D eigenvalue weighted by atomic mass is 35.5. The fraction of sp³-hybridized carbons (Fsp3) is 0.467. The number of hydrogen-bond acceptors (Lipinski definition) is 4. The summed E-state index contributed by atoms with van der Waals surface area (Å²) in [5, 5.41) is 0. The Bertz CT molecular complexity index is 511. The van der Waals surface area contributed by atoms with E-state index in [1.54, 1.807) is 6.92 Å². The number of ketones is 1. The van der Waals surface area contributed by atoms with Crippen LogP contribution in [0.3, 0.4) is 0 Å². The number of carbonyl (C=O) groups excluding carboxylic acids is 2. The highest BCUT2D eigenvalue weighted by Gasteiger charge is 2.17. The maximum absolute atomic E-state index is 13.8. The van der Waals surface area contributed by atoms with E-state index in [1.165, 1.54) is 0 Å². The van der Waals surface area contributed by atoms with Crippen LogP contribution in [0.1, 0.15) is 36.5 Å². The van der Waals surface area contributed by atoms with Crippen LogP contribution in [0.4, 0.5) is 8.78 Å². The van der Waals surface area contributed by atoms with Gasteiger partial charge in [0.05, 0.1) is 19.6 Å². The number of esters is 1. The van der Waals surface area contributed by atoms with Crippen molar-refractivity contribution in [3.63, 3.8) is 0 Å². The quantitative estimate of drug-likeness (QED) is 0.300. The Labute approximate surface area is 132 Å². The van der Waals surface area contributed by atoms with Gasteiger partial charge in [-0.15, -0.1) is 11.6 Å². The summed E-state index contributed by atoms with van der Waals surface area (Å²) in [4.78, 5) is 23.0. The summed E-state index contributed by atoms with van der Waals surface area (Å²) < 4.78 is 37.2. The van der Waals surface area contributed by atoms with Gasteiger partial charge in [0, 0.05) is 17.9 Å². The first kappa shape index (κ1) is 18.4. The molecule has 0 amide bonds. The van der Waals surface area contributed by atoms with Crippen molar-refractivity contribution in [1.29, 1.82) is 0 Å². The molecule has 7 heteroatoms. The lowest BCUT2D eigenvalue weighted by molar-refractivity contribution is -0.143. The summed E-state index contributed by atoms with van der Waals surface area (Å²) in [5.74, 6) is -3.22. The van der Waals surface area contributed by atoms with Gasteiger partial charge < -0.3 is 9.47 Å². The molecule has 0 aromatic heterocycles. The Morgan fingerprint density at radius 3 is 2.36 bits per heavy atom. The average Bonchev–Trinajstić information content (AvgIpc) is 2.47. The number of hydrogen-bond donors (Lipinski definition) is 0. The Balaban J connectivity index is 2.72. The number of benzene rings is 1. The van der Waals surface area contributed by atoms with Crippen molar-refractivity contribution in [3.05, 3.63) is 29.3 Å². The van der Waals surface area contributed by atoms with Gasteiger partial charge in [0.1, 0.15) is 0 Å². The summed E-state index contributed by atoms with van der Waals surface area (Å²) in [7, 11) is 0. The number of ether oxygens (including phenoxy) is 2. The molecule has 0 fully saturated rings. The van der Waals surface area contributed by atoms with Gasteiger partial charge >= 0.3 is 5.97 Å². The van der Waals surface area contributed by atoms with Crippen LogP contribution in [0.25, 0.3) is 0 Å². The second-order valence-electron chi connectivity index (χ2n) is 4.39. The van der Waals surface area contributed by atoms with E-state index in [2.05, 4.69) is 4.74 Å². The van der Waals surface area contributed by atoms with Gasteiger partial charge in [0.25, 0.3) is 0 Å². The third-order valence-electron chi connectivity index (χ3n) is 2.71. The monoisotopic (exact) mass is 334 g/mol. The van der Waals surface area contributed by atoms with E-state index in [-0.39, 0.29) is 31.6 Å². The van der Waals surface area contributed by atoms with E-state index in [9.17, 15) is 18.4 Å². The molecular formula is C15H17ClF2O4. The fourth-order valence-corrected chi connectivity index (χ4v) is 1.79. The Kier molecular flexibility index (Phi) is 7.80. The zero-order valence-electron chi connectivity index (χ0n) is 12.2. The lowest BCUT2D eigenvalue weighted by Gasteiger charge is -2.09. The topological polar surface area (TPSA) is 52.6 Å². The molecular weight excluding hydrogens is 318 g/mol. The maximum atomic E-state index is 13.8. The summed E-state index contributed by atoms with van der Waals surface area (Å²) >= 11 is 5.45. The molecule has 0 unspecified atom stereocenters. The van der Waals surface area contributed by atoms with Crippen molar-refractivity contribution < 1.29 is 27.8 Å². The highest BCUT2D eigenvalue weighted by molar-refractivity contribution is 6.17. The number of Topliss-reactive ketones (excluding diaryl/α,β-unsaturated/α-hetero) is 1. The molecule has 22 heavy (non-hydrogen) atoms. The van der Waals surface area contributed by atoms with E-state index in [1.807, 2.05) is 0 Å². The molecule has 122 valence electrons. The molecule has 1 aromatic rings. The van der Waals surface area contributed by atoms with Crippen LogP contribution in [0.2, 0.25) is 0 Å². The van der Waals surface area contributed by atoms with E-state index in [0.717, 1.165) is 12.1 Å². The first-order valence-corrected chi connectivity index (χ1v) is 7.39. The third-order valence-corrected chi connectivity index (χ3v) is 2.97. The zero-order chi connectivity index (χ0) is 16.5. The molecule has 0 atom stereocenters. The van der Waals surface area contributed by atoms with Crippen LogP contribution in [0.15, 0.2) is 12.1 Å². The van der Waals surface area contributed by atoms with Crippen molar-refractivity contribution in [2.75, 3.05) is 19.1 Å². The van der Waals surface area contributed by atoms with Crippen LogP contribution >= 0.6 is 11.6 Å². The van der Waals surface area contributed by atoms with Gasteiger partial charge in [-0.05, 0) is 25.5 Å². The summed E-state index contributed by atoms with van der Waals surface area (Å²) in [6.45, 7) is 1.94. The van der Waals surface area contributed by atoms with E-state index < -0.39 is 29.1 Å². The molecule has 0 N–H and O–H groups in total. The van der Waals surface area contributed by atoms with Crippen LogP contribution in [-0.4, -0.2) is 30.8 Å². The molecule has 0 aliphatic carbocycles. The minimum Gasteiger partial charge on any atom is -0.488 e. The van der Waals surface area contributed by atoms with Crippen LogP contribution < -0.4 is 4.74 Å². The molecule has 0 aliphatic rings. The Hall–Kier alpha value is -1.69. The predicted molar refractivity (Wildman–Crippen MR) is 77.4 cm³/mol. The third kappa shape index (κ3) is 5.60. The maximum Gasteiger partial charge on any atom is 0.306 e. The van der Waals surface area contributed by atoms with Gasteiger partial charge in [-0.25, -0.2) is 8.78 Å². The van der Waals surface area contributed by atoms with Gasteiger partial charge in [-0.3, -0.25) is 9.59 Å². The number of rotatable bonds is 9. The van der Waals surface area contributed by atoms with E-state index >= 15 is 0 Å². The van der Waals surface area contributed by atoms with Crippen molar-refractivity contribution >= 4 is 23.4 Å². The van der Waals surface area contributed by atoms with Crippen LogP contribution in [0.5, 0.6) is 5.75 Å². The average molecular weight is 335 g/mol. The molecule has 1 rings (SSSR count). The molecule has 0 saturated carbocycles. The molecule has 0 spiro atoms. The molecule has 0 saturated heterocycles. The SMILES string of the molecule is CCOC(=O)CCC(=O)c1cc(F)c(OCCCCl)c(F)c1. The lowest BCUT2D eigenvalue weighted by atomic mass is 10.1. The predicted octanol–water partition coefficient (Wildman–Crippen LogP) is 3.50. The Morgan fingerprint density at radius 2 is 1.82 bits per heavy atom. The highest BCUT2D eigenvalue weighted by Crippen LogP contribution is 2.24. The van der Waals surface area contributed by atoms with Gasteiger partial charge in [0.2, 0.25) is 0 Å². The second kappa shape index (κ2) is 9.35. The minimum atomic E-state index is -0.964. The van der Waals surface area contributed by atoms with Gasteiger partial charge in [-0.1, -0.05) is 0 Å². The number of halogens is 3. The van der Waals surface area contributed by atoms with Gasteiger partial charge in [-0.2, -0.15) is 0 Å². The normalized spacial score (nSPS) is 10.4. The molecule has 0 heterocycles. The van der Waals surface area contributed by atoms with Crippen molar-refractivity contribution in [1.82, 2.24) is 0 Å². The summed E-state index contributed by atoms with van der Waals surface area (Å²) in [6.07, 6.45) is 0.134. The minimum absolute atomic E-state index is 0.0769. The van der Waals surface area contributed by atoms with Crippen molar-refractivity contribution in [3.8, 4) is 5.75 Å². The molecule has 0 bridgehead atoms. The first-order chi connectivity index (χ1) is 10.5. The first-order valence-electron chi connectivity index (χ1n) is 6.86. The molecule has 1 aromatic carbocycles. The number of alkyl halides is 1. The van der Waals surface area contributed by atoms with Crippen molar-refractivity contribution in [2.45, 2.75) is 26.2 Å². The number of carbonyl (C=O) groups is 2. The zero-order valence-corrected chi connectivity index (χ0v) is 12.9. The summed E-state index contributed by atoms with van der Waals surface area (Å²) in [5.41, 5.74) is -0.149. The second-order valence-corrected chi connectivity index (χ2v) is 4.77. The molecule has 0 radical (unpaired) electrons. The smallest absolute Gasteiger partial charge is 0.306 e. The van der Waals surface area contributed by atoms with Crippen molar-refractivity contribution in [2.24, 2.45) is 0 Å². The van der Waals surface area contributed by atoms with E-state index in [0.29, 0.717) is 12.3 Å². The Morgan fingerprint density at radius 1 is 1.18 bits per heavy atom. The lowest BCUT2D eigenvalue weighted by Crippen LogP contribution is -2.09. The van der Waals surface area contributed by atoms with Gasteiger partial charge in [0.15, 0.2) is 23.2 Å². The fourth-order valence-electron chi connectivity index (χ4n) is 1.68. The van der Waals surface area contributed by atoms with Crippen LogP contribution in [-0.2, 0) is 9.53 Å². The van der Waals surface area contributed by atoms with Crippen LogP contribution in [0, 0.1) is 11.6 Å². The summed E-state index contributed by atoms with van der Waals surface area (Å²) in [6, 6.07) is 1.79. The molecule has 0 aliphatic heterocycles. The standard InChI is InChI=1S/C15H17ClF2O4/c1-2-21-14(20)5-4-13(19)10-8-11(17)15(12(18)9-10)22-7-3-6-16/h8-9H,2-7H2,1H3.